The molecule has 0 saturated carbocycles. The Balaban J connectivity index is 2.02. The van der Waals surface area contributed by atoms with Crippen LogP contribution in [-0.2, 0) is 5.41 Å². The fourth-order valence-corrected chi connectivity index (χ4v) is 3.07. The van der Waals surface area contributed by atoms with Crippen LogP contribution < -0.4 is 10.3 Å². The van der Waals surface area contributed by atoms with Crippen molar-refractivity contribution in [1.29, 1.82) is 0 Å². The maximum atomic E-state index is 12.2. The average molecular weight is 402 g/mol. The lowest BCUT2D eigenvalue weighted by molar-refractivity contribution is 0.0955. The Hall–Kier alpha value is -2.14. The first kappa shape index (κ1) is 19.2. The molecule has 0 aromatic heterocycles. The summed E-state index contributed by atoms with van der Waals surface area (Å²) in [7, 11) is 3.97. The third kappa shape index (κ3) is 5.16. The van der Waals surface area contributed by atoms with Crippen molar-refractivity contribution >= 4 is 33.7 Å². The maximum absolute atomic E-state index is 12.2. The van der Waals surface area contributed by atoms with E-state index < -0.39 is 0 Å². The number of hydrogen-bond acceptors (Lipinski definition) is 3. The first-order chi connectivity index (χ1) is 11.7. The molecule has 5 heteroatoms. The highest BCUT2D eigenvalue weighted by Crippen LogP contribution is 2.25. The highest BCUT2D eigenvalue weighted by Gasteiger charge is 2.14. The molecule has 4 nitrogen and oxygen atoms in total. The highest BCUT2D eigenvalue weighted by atomic mass is 79.9. The predicted octanol–water partition coefficient (Wildman–Crippen LogP) is 4.58. The van der Waals surface area contributed by atoms with Gasteiger partial charge < -0.3 is 4.90 Å². The minimum Gasteiger partial charge on any atom is -0.377 e. The van der Waals surface area contributed by atoms with Gasteiger partial charge in [-0.3, -0.25) is 4.79 Å². The van der Waals surface area contributed by atoms with E-state index in [1.807, 2.05) is 61.5 Å². The van der Waals surface area contributed by atoms with E-state index in [0.29, 0.717) is 5.56 Å². The SMILES string of the molecule is CN(C)c1ccc(/C=N\NC(=O)c2ccc(C(C)(C)C)cc2)cc1Br. The summed E-state index contributed by atoms with van der Waals surface area (Å²) in [5, 5.41) is 4.05. The van der Waals surface area contributed by atoms with Gasteiger partial charge in [0.2, 0.25) is 0 Å². The monoisotopic (exact) mass is 401 g/mol. The van der Waals surface area contributed by atoms with Gasteiger partial charge in [-0.1, -0.05) is 39.0 Å². The Labute approximate surface area is 158 Å². The van der Waals surface area contributed by atoms with Crippen LogP contribution in [-0.4, -0.2) is 26.2 Å². The molecule has 0 atom stereocenters. The number of benzene rings is 2. The summed E-state index contributed by atoms with van der Waals surface area (Å²) in [6.45, 7) is 6.43. The van der Waals surface area contributed by atoms with Gasteiger partial charge in [0.15, 0.2) is 0 Å². The van der Waals surface area contributed by atoms with Gasteiger partial charge in [-0.25, -0.2) is 5.43 Å². The molecule has 0 bridgehead atoms. The zero-order valence-corrected chi connectivity index (χ0v) is 16.9. The third-order valence-electron chi connectivity index (χ3n) is 3.85. The molecule has 0 aliphatic rings. The van der Waals surface area contributed by atoms with E-state index in [-0.39, 0.29) is 11.3 Å². The van der Waals surface area contributed by atoms with Gasteiger partial charge in [-0.05, 0) is 56.7 Å². The fraction of sp³-hybridized carbons (Fsp3) is 0.300. The van der Waals surface area contributed by atoms with Gasteiger partial charge in [0, 0.05) is 24.1 Å². The van der Waals surface area contributed by atoms with Gasteiger partial charge >= 0.3 is 0 Å². The molecule has 132 valence electrons. The summed E-state index contributed by atoms with van der Waals surface area (Å²) in [6.07, 6.45) is 1.63. The van der Waals surface area contributed by atoms with Crippen LogP contribution in [0.1, 0.15) is 42.3 Å². The molecule has 25 heavy (non-hydrogen) atoms. The normalized spacial score (nSPS) is 11.6. The molecule has 0 heterocycles. The van der Waals surface area contributed by atoms with Crippen LogP contribution in [0.5, 0.6) is 0 Å². The van der Waals surface area contributed by atoms with Gasteiger partial charge in [-0.2, -0.15) is 5.10 Å². The van der Waals surface area contributed by atoms with E-state index in [0.717, 1.165) is 15.7 Å². The van der Waals surface area contributed by atoms with Gasteiger partial charge in [0.1, 0.15) is 0 Å². The third-order valence-corrected chi connectivity index (χ3v) is 4.48. The van der Waals surface area contributed by atoms with E-state index in [1.54, 1.807) is 6.21 Å². The maximum Gasteiger partial charge on any atom is 0.271 e. The van der Waals surface area contributed by atoms with Crippen LogP contribution in [0, 0.1) is 0 Å². The van der Waals surface area contributed by atoms with Crippen molar-refractivity contribution in [1.82, 2.24) is 5.43 Å². The van der Waals surface area contributed by atoms with Crippen molar-refractivity contribution in [3.05, 3.63) is 63.6 Å². The molecule has 1 amide bonds. The summed E-state index contributed by atoms with van der Waals surface area (Å²) in [4.78, 5) is 14.2. The Morgan fingerprint density at radius 2 is 1.76 bits per heavy atom. The summed E-state index contributed by atoms with van der Waals surface area (Å²) in [5.74, 6) is -0.222. The average Bonchev–Trinajstić information content (AvgIpc) is 2.54. The van der Waals surface area contributed by atoms with E-state index >= 15 is 0 Å². The summed E-state index contributed by atoms with van der Waals surface area (Å²) in [5.41, 5.74) is 6.41. The smallest absolute Gasteiger partial charge is 0.271 e. The Morgan fingerprint density at radius 3 is 2.28 bits per heavy atom. The lowest BCUT2D eigenvalue weighted by Crippen LogP contribution is -2.18. The van der Waals surface area contributed by atoms with Crippen LogP contribution in [0.25, 0.3) is 0 Å². The lowest BCUT2D eigenvalue weighted by Gasteiger charge is -2.18. The number of anilines is 1. The number of halogens is 1. The van der Waals surface area contributed by atoms with Gasteiger partial charge in [-0.15, -0.1) is 0 Å². The zero-order valence-electron chi connectivity index (χ0n) is 15.3. The summed E-state index contributed by atoms with van der Waals surface area (Å²) >= 11 is 3.54. The Bertz CT molecular complexity index is 775. The molecule has 2 aromatic carbocycles. The first-order valence-electron chi connectivity index (χ1n) is 8.09. The number of hydrazone groups is 1. The second-order valence-corrected chi connectivity index (χ2v) is 7.99. The number of carbonyl (C=O) groups excluding carboxylic acids is 1. The number of rotatable bonds is 4. The highest BCUT2D eigenvalue weighted by molar-refractivity contribution is 9.10. The van der Waals surface area contributed by atoms with Crippen molar-refractivity contribution in [3.63, 3.8) is 0 Å². The quantitative estimate of drug-likeness (QED) is 0.601. The molecule has 0 aliphatic carbocycles. The van der Waals surface area contributed by atoms with Crippen molar-refractivity contribution in [3.8, 4) is 0 Å². The van der Waals surface area contributed by atoms with Crippen LogP contribution in [0.15, 0.2) is 52.0 Å². The number of nitrogens with one attached hydrogen (secondary N) is 1. The minimum absolute atomic E-state index is 0.0687. The van der Waals surface area contributed by atoms with Gasteiger partial charge in [0.25, 0.3) is 5.91 Å². The molecule has 2 aromatic rings. The summed E-state index contributed by atoms with van der Waals surface area (Å²) < 4.78 is 0.977. The molecule has 1 N–H and O–H groups in total. The fourth-order valence-electron chi connectivity index (χ4n) is 2.32. The van der Waals surface area contributed by atoms with Crippen molar-refractivity contribution in [2.45, 2.75) is 26.2 Å². The molecule has 0 fully saturated rings. The van der Waals surface area contributed by atoms with E-state index in [4.69, 9.17) is 0 Å². The van der Waals surface area contributed by atoms with Crippen molar-refractivity contribution in [2.75, 3.05) is 19.0 Å². The summed E-state index contributed by atoms with van der Waals surface area (Å²) in [6, 6.07) is 13.5. The molecule has 0 unspecified atom stereocenters. The number of carbonyl (C=O) groups is 1. The topological polar surface area (TPSA) is 44.7 Å². The van der Waals surface area contributed by atoms with Crippen LogP contribution in [0.4, 0.5) is 5.69 Å². The molecular formula is C20H24BrN3O. The van der Waals surface area contributed by atoms with Crippen molar-refractivity contribution in [2.24, 2.45) is 5.10 Å². The van der Waals surface area contributed by atoms with Crippen molar-refractivity contribution < 1.29 is 4.79 Å². The van der Waals surface area contributed by atoms with Crippen LogP contribution >= 0.6 is 15.9 Å². The zero-order chi connectivity index (χ0) is 18.6. The molecule has 0 aliphatic heterocycles. The number of amides is 1. The van der Waals surface area contributed by atoms with E-state index in [1.165, 1.54) is 5.56 Å². The number of nitrogens with zero attached hydrogens (tertiary/aromatic N) is 2. The standard InChI is InChI=1S/C20H24BrN3O/c1-20(2,3)16-9-7-15(8-10-16)19(25)23-22-13-14-6-11-18(24(4)5)17(21)12-14/h6-13H,1-5H3,(H,23,25)/b22-13-. The molecule has 0 radical (unpaired) electrons. The van der Waals surface area contributed by atoms with Crippen LogP contribution in [0.2, 0.25) is 0 Å². The minimum atomic E-state index is -0.222. The first-order valence-corrected chi connectivity index (χ1v) is 8.88. The Morgan fingerprint density at radius 1 is 1.12 bits per heavy atom. The molecular weight excluding hydrogens is 378 g/mol. The second-order valence-electron chi connectivity index (χ2n) is 7.13. The predicted molar refractivity (Wildman–Crippen MR) is 109 cm³/mol. The number of hydrogen-bond donors (Lipinski definition) is 1. The van der Waals surface area contributed by atoms with Crippen LogP contribution in [0.3, 0.4) is 0 Å². The molecule has 0 saturated heterocycles. The molecule has 2 rings (SSSR count). The van der Waals surface area contributed by atoms with E-state index in [2.05, 4.69) is 47.2 Å². The second kappa shape index (κ2) is 7.83. The Kier molecular flexibility index (Phi) is 6.01. The lowest BCUT2D eigenvalue weighted by atomic mass is 9.87. The molecule has 0 spiro atoms. The van der Waals surface area contributed by atoms with E-state index in [9.17, 15) is 4.79 Å². The van der Waals surface area contributed by atoms with Gasteiger partial charge in [0.05, 0.1) is 11.9 Å². The largest absolute Gasteiger partial charge is 0.377 e.